The Morgan fingerprint density at radius 2 is 2.00 bits per heavy atom. The van der Waals surface area contributed by atoms with Crippen LogP contribution in [-0.2, 0) is 9.53 Å². The van der Waals surface area contributed by atoms with Gasteiger partial charge in [-0.2, -0.15) is 0 Å². The molecule has 1 amide bonds. The molecule has 0 saturated carbocycles. The monoisotopic (exact) mass is 216 g/mol. The second kappa shape index (κ2) is 6.08. The van der Waals surface area contributed by atoms with Crippen LogP contribution in [0.15, 0.2) is 0 Å². The maximum absolute atomic E-state index is 11.6. The summed E-state index contributed by atoms with van der Waals surface area (Å²) in [6.07, 6.45) is 0.354. The van der Waals surface area contributed by atoms with E-state index in [1.807, 2.05) is 27.7 Å². The third-order valence-corrected chi connectivity index (χ3v) is 2.54. The third-order valence-electron chi connectivity index (χ3n) is 2.54. The number of ether oxygens (including phenoxy) is 1. The number of carbonyl (C=O) groups excluding carboxylic acids is 1. The first-order valence-electron chi connectivity index (χ1n) is 5.37. The van der Waals surface area contributed by atoms with Gasteiger partial charge in [0.15, 0.2) is 0 Å². The van der Waals surface area contributed by atoms with Crippen LogP contribution in [0.3, 0.4) is 0 Å². The molecule has 0 aromatic carbocycles. The van der Waals surface area contributed by atoms with Crippen molar-refractivity contribution in [3.05, 3.63) is 0 Å². The van der Waals surface area contributed by atoms with Gasteiger partial charge in [-0.25, -0.2) is 0 Å². The summed E-state index contributed by atoms with van der Waals surface area (Å²) in [4.78, 5) is 11.6. The Kier molecular flexibility index (Phi) is 5.83. The highest BCUT2D eigenvalue weighted by molar-refractivity contribution is 5.77. The molecule has 0 saturated heterocycles. The predicted molar refractivity (Wildman–Crippen MR) is 61.5 cm³/mol. The van der Waals surface area contributed by atoms with Crippen LogP contribution >= 0.6 is 0 Å². The Hall–Kier alpha value is -0.610. The van der Waals surface area contributed by atoms with Gasteiger partial charge in [0.25, 0.3) is 0 Å². The third kappa shape index (κ3) is 5.74. The highest BCUT2D eigenvalue weighted by Crippen LogP contribution is 2.13. The van der Waals surface area contributed by atoms with E-state index in [1.54, 1.807) is 7.11 Å². The zero-order valence-electron chi connectivity index (χ0n) is 10.5. The quantitative estimate of drug-likeness (QED) is 0.693. The number of amides is 1. The lowest BCUT2D eigenvalue weighted by atomic mass is 10.0. The van der Waals surface area contributed by atoms with Gasteiger partial charge in [-0.15, -0.1) is 0 Å². The number of hydrogen-bond acceptors (Lipinski definition) is 3. The molecule has 4 heteroatoms. The summed E-state index contributed by atoms with van der Waals surface area (Å²) in [7, 11) is 1.61. The van der Waals surface area contributed by atoms with Crippen LogP contribution in [0.1, 0.15) is 34.1 Å². The normalized spacial score (nSPS) is 14.1. The maximum atomic E-state index is 11.6. The van der Waals surface area contributed by atoms with Crippen LogP contribution < -0.4 is 11.1 Å². The molecule has 0 aliphatic rings. The lowest BCUT2D eigenvalue weighted by Gasteiger charge is -2.25. The molecule has 0 aromatic rings. The smallest absolute Gasteiger partial charge is 0.223 e. The molecule has 1 unspecified atom stereocenters. The van der Waals surface area contributed by atoms with Crippen molar-refractivity contribution >= 4 is 5.91 Å². The lowest BCUT2D eigenvalue weighted by molar-refractivity contribution is -0.127. The molecule has 0 spiro atoms. The van der Waals surface area contributed by atoms with E-state index in [-0.39, 0.29) is 11.9 Å². The van der Waals surface area contributed by atoms with Crippen molar-refractivity contribution in [1.82, 2.24) is 5.32 Å². The van der Waals surface area contributed by atoms with E-state index in [0.29, 0.717) is 18.9 Å². The Balaban J connectivity index is 4.13. The van der Waals surface area contributed by atoms with Gasteiger partial charge >= 0.3 is 0 Å². The SMILES string of the molecule is COC(C)(C)CC(=O)NC(CN)C(C)C. The first kappa shape index (κ1) is 14.4. The first-order valence-corrected chi connectivity index (χ1v) is 5.37. The van der Waals surface area contributed by atoms with Crippen molar-refractivity contribution in [2.24, 2.45) is 11.7 Å². The van der Waals surface area contributed by atoms with Crippen LogP contribution in [0.5, 0.6) is 0 Å². The van der Waals surface area contributed by atoms with Crippen LogP contribution in [0, 0.1) is 5.92 Å². The summed E-state index contributed by atoms with van der Waals surface area (Å²) >= 11 is 0. The highest BCUT2D eigenvalue weighted by Gasteiger charge is 2.23. The van der Waals surface area contributed by atoms with E-state index in [4.69, 9.17) is 10.5 Å². The minimum absolute atomic E-state index is 0.00833. The molecule has 0 aliphatic heterocycles. The zero-order valence-corrected chi connectivity index (χ0v) is 10.5. The summed E-state index contributed by atoms with van der Waals surface area (Å²) in [6.45, 7) is 8.33. The largest absolute Gasteiger partial charge is 0.378 e. The van der Waals surface area contributed by atoms with Crippen LogP contribution in [0.4, 0.5) is 0 Å². The van der Waals surface area contributed by atoms with Gasteiger partial charge in [-0.3, -0.25) is 4.79 Å². The fourth-order valence-electron chi connectivity index (χ4n) is 1.21. The van der Waals surface area contributed by atoms with Crippen LogP contribution in [0.25, 0.3) is 0 Å². The minimum Gasteiger partial charge on any atom is -0.378 e. The summed E-state index contributed by atoms with van der Waals surface area (Å²) in [6, 6.07) is 0.0464. The fourth-order valence-corrected chi connectivity index (χ4v) is 1.21. The van der Waals surface area contributed by atoms with Crippen molar-refractivity contribution in [2.75, 3.05) is 13.7 Å². The molecule has 0 aromatic heterocycles. The maximum Gasteiger partial charge on any atom is 0.223 e. The van der Waals surface area contributed by atoms with Gasteiger partial charge < -0.3 is 15.8 Å². The van der Waals surface area contributed by atoms with Crippen LogP contribution in [-0.4, -0.2) is 31.2 Å². The van der Waals surface area contributed by atoms with Gasteiger partial charge in [0.2, 0.25) is 5.91 Å². The Bertz CT molecular complexity index is 203. The predicted octanol–water partition coefficient (Wildman–Crippen LogP) is 0.901. The van der Waals surface area contributed by atoms with Crippen molar-refractivity contribution in [2.45, 2.75) is 45.8 Å². The minimum atomic E-state index is -0.416. The molecule has 90 valence electrons. The number of methoxy groups -OCH3 is 1. The Labute approximate surface area is 92.6 Å². The van der Waals surface area contributed by atoms with Gasteiger partial charge in [0.1, 0.15) is 0 Å². The second-order valence-corrected chi connectivity index (χ2v) is 4.79. The van der Waals surface area contributed by atoms with Crippen molar-refractivity contribution in [3.8, 4) is 0 Å². The molecule has 4 nitrogen and oxygen atoms in total. The number of nitrogens with one attached hydrogen (secondary N) is 1. The van der Waals surface area contributed by atoms with Gasteiger partial charge in [0.05, 0.1) is 12.0 Å². The summed E-state index contributed by atoms with van der Waals surface area (Å²) < 4.78 is 5.19. The molecule has 0 fully saturated rings. The summed E-state index contributed by atoms with van der Waals surface area (Å²) in [5, 5.41) is 2.91. The Morgan fingerprint density at radius 1 is 1.47 bits per heavy atom. The van der Waals surface area contributed by atoms with Crippen LogP contribution in [0.2, 0.25) is 0 Å². The zero-order chi connectivity index (χ0) is 12.1. The van der Waals surface area contributed by atoms with E-state index in [9.17, 15) is 4.79 Å². The van der Waals surface area contributed by atoms with E-state index in [0.717, 1.165) is 0 Å². The molecule has 0 aliphatic carbocycles. The van der Waals surface area contributed by atoms with Gasteiger partial charge in [0, 0.05) is 19.7 Å². The van der Waals surface area contributed by atoms with Gasteiger partial charge in [-0.1, -0.05) is 13.8 Å². The van der Waals surface area contributed by atoms with Crippen molar-refractivity contribution in [1.29, 1.82) is 0 Å². The first-order chi connectivity index (χ1) is 6.82. The molecule has 0 radical (unpaired) electrons. The average Bonchev–Trinajstić information content (AvgIpc) is 2.13. The molecule has 0 heterocycles. The molecule has 15 heavy (non-hydrogen) atoms. The molecule has 1 atom stereocenters. The van der Waals surface area contributed by atoms with E-state index in [2.05, 4.69) is 5.32 Å². The molecule has 3 N–H and O–H groups in total. The second-order valence-electron chi connectivity index (χ2n) is 4.79. The molecule has 0 bridgehead atoms. The van der Waals surface area contributed by atoms with Crippen molar-refractivity contribution < 1.29 is 9.53 Å². The number of carbonyl (C=O) groups is 1. The molecule has 0 rings (SSSR count). The van der Waals surface area contributed by atoms with E-state index >= 15 is 0 Å². The van der Waals surface area contributed by atoms with E-state index in [1.165, 1.54) is 0 Å². The fraction of sp³-hybridized carbons (Fsp3) is 0.909. The van der Waals surface area contributed by atoms with Gasteiger partial charge in [-0.05, 0) is 19.8 Å². The number of nitrogens with two attached hydrogens (primary N) is 1. The molecular formula is C11H24N2O2. The number of hydrogen-bond donors (Lipinski definition) is 2. The van der Waals surface area contributed by atoms with Crippen molar-refractivity contribution in [3.63, 3.8) is 0 Å². The number of rotatable bonds is 6. The highest BCUT2D eigenvalue weighted by atomic mass is 16.5. The average molecular weight is 216 g/mol. The standard InChI is InChI=1S/C11H24N2O2/c1-8(2)9(7-12)13-10(14)6-11(3,4)15-5/h8-9H,6-7,12H2,1-5H3,(H,13,14). The molecular weight excluding hydrogens is 192 g/mol. The topological polar surface area (TPSA) is 64.3 Å². The lowest BCUT2D eigenvalue weighted by Crippen LogP contribution is -2.45. The Morgan fingerprint density at radius 3 is 2.33 bits per heavy atom. The van der Waals surface area contributed by atoms with E-state index < -0.39 is 5.60 Å². The summed E-state index contributed by atoms with van der Waals surface area (Å²) in [5.41, 5.74) is 5.16. The summed E-state index contributed by atoms with van der Waals surface area (Å²) in [5.74, 6) is 0.343.